The van der Waals surface area contributed by atoms with E-state index in [2.05, 4.69) is 4.99 Å². The van der Waals surface area contributed by atoms with Crippen LogP contribution >= 0.6 is 11.8 Å². The standard InChI is InChI=1S/C17H15N3O2S/c18-15(21)11-14-16(22)20(13-9-5-2-6-10-13)17(23-14)19-12-7-3-1-4-8-12/h1-10,14H,11H2,(H2,18,21). The predicted octanol–water partition coefficient (Wildman–Crippen LogP) is 2.70. The van der Waals surface area contributed by atoms with Crippen molar-refractivity contribution in [2.75, 3.05) is 4.90 Å². The highest BCUT2D eigenvalue weighted by Gasteiger charge is 2.39. The maximum Gasteiger partial charge on any atom is 0.247 e. The van der Waals surface area contributed by atoms with Crippen LogP contribution in [0, 0.1) is 0 Å². The lowest BCUT2D eigenvalue weighted by molar-refractivity contribution is -0.122. The van der Waals surface area contributed by atoms with E-state index in [1.54, 1.807) is 4.90 Å². The number of para-hydroxylation sites is 2. The molecule has 116 valence electrons. The van der Waals surface area contributed by atoms with Gasteiger partial charge in [-0.05, 0) is 24.3 Å². The Balaban J connectivity index is 1.99. The molecule has 2 aromatic carbocycles. The van der Waals surface area contributed by atoms with E-state index in [4.69, 9.17) is 5.73 Å². The summed E-state index contributed by atoms with van der Waals surface area (Å²) in [5.41, 5.74) is 6.74. The third-order valence-corrected chi connectivity index (χ3v) is 4.45. The highest BCUT2D eigenvalue weighted by molar-refractivity contribution is 8.16. The average molecular weight is 325 g/mol. The van der Waals surface area contributed by atoms with E-state index in [0.717, 1.165) is 11.4 Å². The number of carbonyl (C=O) groups excluding carboxylic acids is 2. The molecule has 1 aliphatic heterocycles. The number of amidine groups is 1. The fraction of sp³-hybridized carbons (Fsp3) is 0.118. The molecule has 0 aliphatic carbocycles. The van der Waals surface area contributed by atoms with Gasteiger partial charge in [-0.2, -0.15) is 0 Å². The Kier molecular flexibility index (Phi) is 4.43. The summed E-state index contributed by atoms with van der Waals surface area (Å²) in [7, 11) is 0. The number of primary amides is 1. The largest absolute Gasteiger partial charge is 0.370 e. The van der Waals surface area contributed by atoms with Crippen molar-refractivity contribution in [3.05, 3.63) is 60.7 Å². The van der Waals surface area contributed by atoms with Crippen LogP contribution in [0.2, 0.25) is 0 Å². The zero-order valence-corrected chi connectivity index (χ0v) is 13.1. The number of hydrogen-bond donors (Lipinski definition) is 1. The molecule has 6 heteroatoms. The third-order valence-electron chi connectivity index (χ3n) is 3.32. The van der Waals surface area contributed by atoms with Gasteiger partial charge in [0.05, 0.1) is 11.4 Å². The lowest BCUT2D eigenvalue weighted by Crippen LogP contribution is -2.33. The van der Waals surface area contributed by atoms with Crippen molar-refractivity contribution in [3.8, 4) is 0 Å². The molecule has 2 N–H and O–H groups in total. The van der Waals surface area contributed by atoms with E-state index in [9.17, 15) is 9.59 Å². The second-order valence-corrected chi connectivity index (χ2v) is 6.19. The van der Waals surface area contributed by atoms with Crippen molar-refractivity contribution in [1.29, 1.82) is 0 Å². The maximum absolute atomic E-state index is 12.7. The number of nitrogens with zero attached hydrogens (tertiary/aromatic N) is 2. The molecule has 0 radical (unpaired) electrons. The Labute approximate surface area is 138 Å². The lowest BCUT2D eigenvalue weighted by atomic mass is 10.2. The molecule has 0 aromatic heterocycles. The number of thioether (sulfide) groups is 1. The zero-order valence-electron chi connectivity index (χ0n) is 12.3. The van der Waals surface area contributed by atoms with Crippen LogP contribution < -0.4 is 10.6 Å². The molecule has 1 fully saturated rings. The summed E-state index contributed by atoms with van der Waals surface area (Å²) < 4.78 is 0. The van der Waals surface area contributed by atoms with Crippen molar-refractivity contribution < 1.29 is 9.59 Å². The number of rotatable bonds is 4. The van der Waals surface area contributed by atoms with Crippen molar-refractivity contribution in [3.63, 3.8) is 0 Å². The van der Waals surface area contributed by atoms with E-state index >= 15 is 0 Å². The summed E-state index contributed by atoms with van der Waals surface area (Å²) in [5.74, 6) is -0.667. The average Bonchev–Trinajstić information content (AvgIpc) is 2.84. The fourth-order valence-corrected chi connectivity index (χ4v) is 3.45. The van der Waals surface area contributed by atoms with Gasteiger partial charge in [0.25, 0.3) is 0 Å². The van der Waals surface area contributed by atoms with E-state index < -0.39 is 11.2 Å². The van der Waals surface area contributed by atoms with Gasteiger partial charge in [-0.1, -0.05) is 48.2 Å². The number of aliphatic imine (C=N–C) groups is 1. The van der Waals surface area contributed by atoms with Crippen LogP contribution in [-0.4, -0.2) is 22.2 Å². The Morgan fingerprint density at radius 1 is 1.09 bits per heavy atom. The number of amides is 2. The molecule has 0 spiro atoms. The Bertz CT molecular complexity index is 747. The van der Waals surface area contributed by atoms with Crippen LogP contribution in [-0.2, 0) is 9.59 Å². The summed E-state index contributed by atoms with van der Waals surface area (Å²) in [6.45, 7) is 0. The molecular weight excluding hydrogens is 310 g/mol. The highest BCUT2D eigenvalue weighted by atomic mass is 32.2. The molecule has 5 nitrogen and oxygen atoms in total. The first-order valence-electron chi connectivity index (χ1n) is 7.13. The van der Waals surface area contributed by atoms with Crippen LogP contribution in [0.1, 0.15) is 6.42 Å². The van der Waals surface area contributed by atoms with Crippen molar-refractivity contribution in [2.45, 2.75) is 11.7 Å². The molecule has 0 saturated carbocycles. The molecule has 2 amide bonds. The zero-order chi connectivity index (χ0) is 16.2. The van der Waals surface area contributed by atoms with Gasteiger partial charge >= 0.3 is 0 Å². The highest BCUT2D eigenvalue weighted by Crippen LogP contribution is 2.34. The van der Waals surface area contributed by atoms with Gasteiger partial charge in [0, 0.05) is 6.42 Å². The van der Waals surface area contributed by atoms with E-state index in [1.165, 1.54) is 11.8 Å². The van der Waals surface area contributed by atoms with Gasteiger partial charge in [0.2, 0.25) is 11.8 Å². The second kappa shape index (κ2) is 6.66. The smallest absolute Gasteiger partial charge is 0.247 e. The number of benzene rings is 2. The van der Waals surface area contributed by atoms with E-state index in [-0.39, 0.29) is 12.3 Å². The second-order valence-electron chi connectivity index (χ2n) is 5.02. The summed E-state index contributed by atoms with van der Waals surface area (Å²) >= 11 is 1.27. The number of anilines is 1. The molecule has 2 aromatic rings. The van der Waals surface area contributed by atoms with E-state index in [0.29, 0.717) is 5.17 Å². The number of carbonyl (C=O) groups is 2. The first-order chi connectivity index (χ1) is 11.1. The molecule has 23 heavy (non-hydrogen) atoms. The molecule has 1 atom stereocenters. The molecule has 1 heterocycles. The summed E-state index contributed by atoms with van der Waals surface area (Å²) in [6.07, 6.45) is 0.000638. The molecule has 1 saturated heterocycles. The van der Waals surface area contributed by atoms with Gasteiger partial charge in [-0.25, -0.2) is 4.99 Å². The monoisotopic (exact) mass is 325 g/mol. The molecule has 0 bridgehead atoms. The van der Waals surface area contributed by atoms with Gasteiger partial charge in [-0.15, -0.1) is 0 Å². The molecule has 1 unspecified atom stereocenters. The summed E-state index contributed by atoms with van der Waals surface area (Å²) in [5, 5.41) is 0.0221. The van der Waals surface area contributed by atoms with Crippen LogP contribution in [0.3, 0.4) is 0 Å². The minimum Gasteiger partial charge on any atom is -0.370 e. The minimum absolute atomic E-state index is 0.000638. The molecule has 1 aliphatic rings. The predicted molar refractivity (Wildman–Crippen MR) is 92.7 cm³/mol. The van der Waals surface area contributed by atoms with Gasteiger partial charge < -0.3 is 5.73 Å². The summed E-state index contributed by atoms with van der Waals surface area (Å²) in [6, 6.07) is 18.7. The first kappa shape index (κ1) is 15.3. The number of hydrogen-bond acceptors (Lipinski definition) is 4. The topological polar surface area (TPSA) is 75.8 Å². The fourth-order valence-electron chi connectivity index (χ4n) is 2.28. The summed E-state index contributed by atoms with van der Waals surface area (Å²) in [4.78, 5) is 30.0. The number of nitrogens with two attached hydrogens (primary N) is 1. The minimum atomic E-state index is -0.532. The lowest BCUT2D eigenvalue weighted by Gasteiger charge is -2.16. The van der Waals surface area contributed by atoms with Crippen molar-refractivity contribution in [1.82, 2.24) is 0 Å². The third kappa shape index (κ3) is 3.43. The Hall–Kier alpha value is -2.60. The van der Waals surface area contributed by atoms with Crippen LogP contribution in [0.4, 0.5) is 11.4 Å². The van der Waals surface area contributed by atoms with Gasteiger partial charge in [-0.3, -0.25) is 14.5 Å². The normalized spacial score (nSPS) is 19.3. The quantitative estimate of drug-likeness (QED) is 0.939. The van der Waals surface area contributed by atoms with Crippen LogP contribution in [0.15, 0.2) is 65.7 Å². The van der Waals surface area contributed by atoms with Crippen molar-refractivity contribution in [2.24, 2.45) is 10.7 Å². The Morgan fingerprint density at radius 3 is 2.30 bits per heavy atom. The van der Waals surface area contributed by atoms with Gasteiger partial charge in [0.1, 0.15) is 5.25 Å². The SMILES string of the molecule is NC(=O)CC1SC(=Nc2ccccc2)N(c2ccccc2)C1=O. The van der Waals surface area contributed by atoms with Crippen LogP contribution in [0.25, 0.3) is 0 Å². The molecular formula is C17H15N3O2S. The van der Waals surface area contributed by atoms with Crippen molar-refractivity contribution >= 4 is 40.1 Å². The molecule has 3 rings (SSSR count). The first-order valence-corrected chi connectivity index (χ1v) is 8.01. The van der Waals surface area contributed by atoms with Crippen LogP contribution in [0.5, 0.6) is 0 Å². The van der Waals surface area contributed by atoms with E-state index in [1.807, 2.05) is 60.7 Å². The van der Waals surface area contributed by atoms with Gasteiger partial charge in [0.15, 0.2) is 5.17 Å². The Morgan fingerprint density at radius 2 is 1.70 bits per heavy atom. The maximum atomic E-state index is 12.7.